The molecular formula is C16H9F21O. The van der Waals surface area contributed by atoms with Gasteiger partial charge in [-0.05, 0) is 6.42 Å². The van der Waals surface area contributed by atoms with Crippen molar-refractivity contribution in [2.45, 2.75) is 85.2 Å². The number of alkyl halides is 21. The maximum absolute atomic E-state index is 14.4. The first-order valence-electron chi connectivity index (χ1n) is 9.11. The summed E-state index contributed by atoms with van der Waals surface area (Å²) < 4.78 is 284. The summed E-state index contributed by atoms with van der Waals surface area (Å²) in [6.07, 6.45) is -17.1. The highest BCUT2D eigenvalue weighted by molar-refractivity contribution is 5.40. The van der Waals surface area contributed by atoms with E-state index < -0.39 is 89.6 Å². The summed E-state index contributed by atoms with van der Waals surface area (Å²) in [6, 6.07) is 0. The molecule has 2 unspecified atom stereocenters. The predicted octanol–water partition coefficient (Wildman–Crippen LogP) is 8.30. The molecule has 1 aliphatic rings. The molecule has 22 heteroatoms. The molecule has 0 fully saturated rings. The molecule has 0 saturated carbocycles. The van der Waals surface area contributed by atoms with Crippen LogP contribution in [0.4, 0.5) is 92.2 Å². The number of halogens is 21. The summed E-state index contributed by atoms with van der Waals surface area (Å²) in [5, 5.41) is 9.08. The Morgan fingerprint density at radius 3 is 1.32 bits per heavy atom. The van der Waals surface area contributed by atoms with Gasteiger partial charge in [0.15, 0.2) is 11.9 Å². The number of aliphatic hydroxyl groups excluding tert-OH is 1. The smallest absolute Gasteiger partial charge is 0.460 e. The topological polar surface area (TPSA) is 20.2 Å². The Morgan fingerprint density at radius 2 is 0.974 bits per heavy atom. The lowest BCUT2D eigenvalue weighted by atomic mass is 9.72. The summed E-state index contributed by atoms with van der Waals surface area (Å²) in [5.74, 6) is -69.5. The van der Waals surface area contributed by atoms with Crippen molar-refractivity contribution in [1.29, 1.82) is 0 Å². The third kappa shape index (κ3) is 3.72. The minimum atomic E-state index is -8.95. The van der Waals surface area contributed by atoms with Crippen molar-refractivity contribution in [2.75, 3.05) is 0 Å². The Labute approximate surface area is 195 Å². The minimum Gasteiger partial charge on any atom is -0.506 e. The van der Waals surface area contributed by atoms with E-state index in [1.807, 2.05) is 0 Å². The van der Waals surface area contributed by atoms with Crippen LogP contribution in [0, 0.1) is 0 Å². The first-order chi connectivity index (χ1) is 16.2. The van der Waals surface area contributed by atoms with E-state index in [9.17, 15) is 92.2 Å². The highest BCUT2D eigenvalue weighted by atomic mass is 19.4. The molecule has 0 heterocycles. The molecule has 0 bridgehead atoms. The Hall–Kier alpha value is -1.93. The van der Waals surface area contributed by atoms with Gasteiger partial charge in [-0.15, -0.1) is 0 Å². The fourth-order valence-electron chi connectivity index (χ4n) is 3.18. The van der Waals surface area contributed by atoms with Gasteiger partial charge in [0.25, 0.3) is 0 Å². The molecule has 0 spiro atoms. The fraction of sp³-hybridized carbons (Fsp3) is 0.875. The van der Waals surface area contributed by atoms with E-state index in [-0.39, 0.29) is 0 Å². The van der Waals surface area contributed by atoms with Gasteiger partial charge in [0.2, 0.25) is 5.67 Å². The van der Waals surface area contributed by atoms with Crippen LogP contribution in [0.5, 0.6) is 0 Å². The van der Waals surface area contributed by atoms with E-state index in [4.69, 9.17) is 5.11 Å². The summed E-state index contributed by atoms with van der Waals surface area (Å²) >= 11 is 0. The van der Waals surface area contributed by atoms with Gasteiger partial charge in [-0.1, -0.05) is 13.3 Å². The van der Waals surface area contributed by atoms with Crippen molar-refractivity contribution in [3.05, 3.63) is 11.3 Å². The minimum absolute atomic E-state index is 0.597. The Morgan fingerprint density at radius 1 is 0.632 bits per heavy atom. The largest absolute Gasteiger partial charge is 0.506 e. The van der Waals surface area contributed by atoms with E-state index in [1.165, 1.54) is 0 Å². The summed E-state index contributed by atoms with van der Waals surface area (Å²) in [4.78, 5) is 0. The summed E-state index contributed by atoms with van der Waals surface area (Å²) in [5.41, 5.74) is -10.5. The Kier molecular flexibility index (Phi) is 7.66. The van der Waals surface area contributed by atoms with Gasteiger partial charge in [-0.2, -0.15) is 83.4 Å². The maximum atomic E-state index is 14.4. The van der Waals surface area contributed by atoms with E-state index in [2.05, 4.69) is 0 Å². The van der Waals surface area contributed by atoms with Gasteiger partial charge in [-0.3, -0.25) is 0 Å². The molecule has 0 aromatic rings. The highest BCUT2D eigenvalue weighted by Gasteiger charge is 2.94. The average molecular weight is 616 g/mol. The van der Waals surface area contributed by atoms with Gasteiger partial charge in [0.1, 0.15) is 0 Å². The molecular weight excluding hydrogens is 607 g/mol. The lowest BCUT2D eigenvalue weighted by Gasteiger charge is -2.47. The first kappa shape index (κ1) is 34.1. The standard InChI is InChI=1S/C16H9F21O/c1-2-3-7(18)9(21,22)5(17)4(6(38)10(7,23)24)8(19,20)11(25,26)12(27,28)13(29,30)14(31,32)15(33,34)16(35,36)37/h5,38H,2-3H2,1H3. The molecule has 226 valence electrons. The molecule has 1 aliphatic carbocycles. The highest BCUT2D eigenvalue weighted by Crippen LogP contribution is 2.66. The van der Waals surface area contributed by atoms with Crippen molar-refractivity contribution in [2.24, 2.45) is 0 Å². The second-order valence-corrected chi connectivity index (χ2v) is 7.82. The monoisotopic (exact) mass is 616 g/mol. The second kappa shape index (κ2) is 8.53. The molecule has 1 rings (SSSR count). The Balaban J connectivity index is 4.00. The lowest BCUT2D eigenvalue weighted by molar-refractivity contribution is -0.451. The van der Waals surface area contributed by atoms with Crippen LogP contribution in [0.2, 0.25) is 0 Å². The second-order valence-electron chi connectivity index (χ2n) is 7.82. The molecule has 1 nitrogen and oxygen atoms in total. The molecule has 0 amide bonds. The molecule has 0 aromatic carbocycles. The van der Waals surface area contributed by atoms with Gasteiger partial charge in [0.05, 0.1) is 5.57 Å². The number of hydrogen-bond donors (Lipinski definition) is 1. The zero-order valence-corrected chi connectivity index (χ0v) is 17.4. The number of aliphatic hydroxyl groups is 1. The van der Waals surface area contributed by atoms with Gasteiger partial charge >= 0.3 is 53.6 Å². The molecule has 1 N–H and O–H groups in total. The van der Waals surface area contributed by atoms with Gasteiger partial charge in [0, 0.05) is 0 Å². The fourth-order valence-corrected chi connectivity index (χ4v) is 3.18. The number of rotatable bonds is 8. The van der Waals surface area contributed by atoms with Crippen molar-refractivity contribution in [3.63, 3.8) is 0 Å². The first-order valence-corrected chi connectivity index (χ1v) is 9.11. The SMILES string of the molecule is CCCC1(F)C(F)(F)C(O)=C(C(F)(F)C(F)(F)C(F)(F)C(F)(F)C(F)(F)C(F)(F)C(F)(F)F)C(F)C1(F)F. The van der Waals surface area contributed by atoms with Crippen LogP contribution < -0.4 is 0 Å². The maximum Gasteiger partial charge on any atom is 0.460 e. The lowest BCUT2D eigenvalue weighted by Crippen LogP contribution is -2.74. The van der Waals surface area contributed by atoms with Crippen molar-refractivity contribution < 1.29 is 97.3 Å². The summed E-state index contributed by atoms with van der Waals surface area (Å²) in [7, 11) is 0. The molecule has 0 radical (unpaired) electrons. The summed E-state index contributed by atoms with van der Waals surface area (Å²) in [6.45, 7) is 0.597. The van der Waals surface area contributed by atoms with Crippen LogP contribution >= 0.6 is 0 Å². The van der Waals surface area contributed by atoms with Crippen molar-refractivity contribution in [1.82, 2.24) is 0 Å². The van der Waals surface area contributed by atoms with Crippen LogP contribution in [0.15, 0.2) is 11.3 Å². The van der Waals surface area contributed by atoms with E-state index >= 15 is 0 Å². The molecule has 0 saturated heterocycles. The van der Waals surface area contributed by atoms with Crippen molar-refractivity contribution in [3.8, 4) is 0 Å². The Bertz CT molecular complexity index is 943. The van der Waals surface area contributed by atoms with Crippen molar-refractivity contribution >= 4 is 0 Å². The zero-order valence-electron chi connectivity index (χ0n) is 17.4. The quantitative estimate of drug-likeness (QED) is 0.272. The van der Waals surface area contributed by atoms with Gasteiger partial charge < -0.3 is 5.11 Å². The van der Waals surface area contributed by atoms with E-state index in [0.29, 0.717) is 6.92 Å². The third-order valence-electron chi connectivity index (χ3n) is 5.41. The van der Waals surface area contributed by atoms with Crippen LogP contribution in [0.1, 0.15) is 19.8 Å². The number of allylic oxidation sites excluding steroid dienone is 2. The normalized spacial score (nSPS) is 26.1. The molecule has 2 atom stereocenters. The molecule has 0 aromatic heterocycles. The number of hydrogen-bond acceptors (Lipinski definition) is 1. The van der Waals surface area contributed by atoms with Crippen LogP contribution in [-0.2, 0) is 0 Å². The third-order valence-corrected chi connectivity index (χ3v) is 5.41. The van der Waals surface area contributed by atoms with Gasteiger partial charge in [-0.25, -0.2) is 8.78 Å². The van der Waals surface area contributed by atoms with E-state index in [0.717, 1.165) is 0 Å². The van der Waals surface area contributed by atoms with Crippen LogP contribution in [-0.4, -0.2) is 70.5 Å². The van der Waals surface area contributed by atoms with Crippen LogP contribution in [0.25, 0.3) is 0 Å². The van der Waals surface area contributed by atoms with Crippen LogP contribution in [0.3, 0.4) is 0 Å². The van der Waals surface area contributed by atoms with E-state index in [1.54, 1.807) is 0 Å². The zero-order chi connectivity index (χ0) is 31.1. The predicted molar refractivity (Wildman–Crippen MR) is 78.9 cm³/mol. The molecule has 0 aliphatic heterocycles. The average Bonchev–Trinajstić information content (AvgIpc) is 2.70. The molecule has 38 heavy (non-hydrogen) atoms.